The second kappa shape index (κ2) is 4.78. The fourth-order valence-corrected chi connectivity index (χ4v) is 1.60. The van der Waals surface area contributed by atoms with Gasteiger partial charge in [0.25, 0.3) is 0 Å². The van der Waals surface area contributed by atoms with Gasteiger partial charge in [-0.2, -0.15) is 0 Å². The lowest BCUT2D eigenvalue weighted by atomic mass is 9.92. The molecule has 0 radical (unpaired) electrons. The van der Waals surface area contributed by atoms with E-state index in [0.717, 1.165) is 16.7 Å². The van der Waals surface area contributed by atoms with E-state index in [-0.39, 0.29) is 5.76 Å². The molecule has 0 bridgehead atoms. The van der Waals surface area contributed by atoms with Gasteiger partial charge in [0.15, 0.2) is 0 Å². The Morgan fingerprint density at radius 2 is 2.00 bits per heavy atom. The van der Waals surface area contributed by atoms with E-state index >= 15 is 0 Å². The number of aliphatic imine (C=N–C) groups is 1. The Hall–Kier alpha value is -1.57. The summed E-state index contributed by atoms with van der Waals surface area (Å²) in [5.74, 6) is 0.277. The zero-order chi connectivity index (χ0) is 11.4. The van der Waals surface area contributed by atoms with E-state index in [9.17, 15) is 5.11 Å². The third-order valence-electron chi connectivity index (χ3n) is 2.39. The molecule has 80 valence electrons. The Bertz CT molecular complexity index is 406. The fourth-order valence-electron chi connectivity index (χ4n) is 1.60. The van der Waals surface area contributed by atoms with Crippen LogP contribution in [-0.2, 0) is 0 Å². The minimum absolute atomic E-state index is 0.277. The molecular formula is C13H17NO. The monoisotopic (exact) mass is 203 g/mol. The number of rotatable bonds is 1. The Morgan fingerprint density at radius 1 is 1.33 bits per heavy atom. The molecular weight excluding hydrogens is 186 g/mol. The van der Waals surface area contributed by atoms with Gasteiger partial charge < -0.3 is 5.11 Å². The molecule has 1 N–H and O–H groups in total. The highest BCUT2D eigenvalue weighted by molar-refractivity contribution is 6.15. The second-order valence-electron chi connectivity index (χ2n) is 3.54. The number of hydrogen-bond donors (Lipinski definition) is 1. The van der Waals surface area contributed by atoms with Crippen molar-refractivity contribution in [3.8, 4) is 0 Å². The Morgan fingerprint density at radius 3 is 2.53 bits per heavy atom. The van der Waals surface area contributed by atoms with Crippen molar-refractivity contribution in [2.75, 3.05) is 7.05 Å². The third-order valence-corrected chi connectivity index (χ3v) is 2.39. The lowest BCUT2D eigenvalue weighted by Crippen LogP contribution is -2.13. The van der Waals surface area contributed by atoms with Crippen molar-refractivity contribution in [3.05, 3.63) is 46.8 Å². The summed E-state index contributed by atoms with van der Waals surface area (Å²) in [7, 11) is 1.70. The van der Waals surface area contributed by atoms with Gasteiger partial charge in [-0.3, -0.25) is 4.99 Å². The predicted octanol–water partition coefficient (Wildman–Crippen LogP) is 3.35. The van der Waals surface area contributed by atoms with Gasteiger partial charge in [-0.15, -0.1) is 0 Å². The van der Waals surface area contributed by atoms with Crippen LogP contribution in [0.3, 0.4) is 0 Å². The van der Waals surface area contributed by atoms with Crippen molar-refractivity contribution in [2.24, 2.45) is 4.99 Å². The largest absolute Gasteiger partial charge is 0.505 e. The van der Waals surface area contributed by atoms with Crippen LogP contribution in [0.15, 0.2) is 51.8 Å². The maximum atomic E-state index is 9.86. The van der Waals surface area contributed by atoms with Crippen molar-refractivity contribution in [2.45, 2.75) is 20.8 Å². The SMILES string of the molecule is C\C=C/C=C1/C(C)=CC(C)=C(O)/C1=N\C. The lowest BCUT2D eigenvalue weighted by molar-refractivity contribution is 0.437. The van der Waals surface area contributed by atoms with Crippen molar-refractivity contribution >= 4 is 5.71 Å². The topological polar surface area (TPSA) is 32.6 Å². The molecule has 1 aliphatic carbocycles. The standard InChI is InChI=1S/C13H17NO/c1-5-6-7-11-9(2)8-10(3)13(15)12(11)14-4/h5-8,15H,1-4H3/b6-5-,11-7-,14-12-. The highest BCUT2D eigenvalue weighted by Gasteiger charge is 2.18. The van der Waals surface area contributed by atoms with Gasteiger partial charge >= 0.3 is 0 Å². The first-order valence-electron chi connectivity index (χ1n) is 5.00. The quantitative estimate of drug-likeness (QED) is 0.696. The molecule has 0 saturated carbocycles. The van der Waals surface area contributed by atoms with Gasteiger partial charge in [0.2, 0.25) is 0 Å². The smallest absolute Gasteiger partial charge is 0.144 e. The molecule has 0 saturated heterocycles. The highest BCUT2D eigenvalue weighted by atomic mass is 16.3. The Balaban J connectivity index is 3.28. The molecule has 1 rings (SSSR count). The zero-order valence-corrected chi connectivity index (χ0v) is 9.70. The maximum Gasteiger partial charge on any atom is 0.144 e. The summed E-state index contributed by atoms with van der Waals surface area (Å²) in [6, 6.07) is 0. The van der Waals surface area contributed by atoms with Gasteiger partial charge in [-0.05, 0) is 31.9 Å². The summed E-state index contributed by atoms with van der Waals surface area (Å²) in [5.41, 5.74) is 3.65. The van der Waals surface area contributed by atoms with E-state index in [1.165, 1.54) is 0 Å². The first-order valence-corrected chi connectivity index (χ1v) is 5.00. The zero-order valence-electron chi connectivity index (χ0n) is 9.70. The molecule has 0 heterocycles. The summed E-state index contributed by atoms with van der Waals surface area (Å²) < 4.78 is 0. The van der Waals surface area contributed by atoms with E-state index in [2.05, 4.69) is 4.99 Å². The van der Waals surface area contributed by atoms with Crippen LogP contribution in [-0.4, -0.2) is 17.9 Å². The number of allylic oxidation sites excluding steroid dienone is 7. The van der Waals surface area contributed by atoms with Crippen LogP contribution in [0.25, 0.3) is 0 Å². The van der Waals surface area contributed by atoms with Crippen molar-refractivity contribution in [3.63, 3.8) is 0 Å². The summed E-state index contributed by atoms with van der Waals surface area (Å²) in [6.45, 7) is 5.87. The number of nitrogens with zero attached hydrogens (tertiary/aromatic N) is 1. The van der Waals surface area contributed by atoms with Crippen molar-refractivity contribution in [1.82, 2.24) is 0 Å². The molecule has 0 aromatic heterocycles. The van der Waals surface area contributed by atoms with Crippen LogP contribution in [0.2, 0.25) is 0 Å². The van der Waals surface area contributed by atoms with E-state index in [1.807, 2.05) is 45.1 Å². The highest BCUT2D eigenvalue weighted by Crippen LogP contribution is 2.25. The molecule has 0 fully saturated rings. The van der Waals surface area contributed by atoms with Gasteiger partial charge in [0, 0.05) is 12.6 Å². The minimum Gasteiger partial charge on any atom is -0.505 e. The Kier molecular flexibility index (Phi) is 3.67. The first-order chi connectivity index (χ1) is 7.11. The Labute approximate surface area is 91.0 Å². The number of aliphatic hydroxyl groups excluding tert-OH is 1. The lowest BCUT2D eigenvalue weighted by Gasteiger charge is -2.17. The number of hydrogen-bond acceptors (Lipinski definition) is 2. The predicted molar refractivity (Wildman–Crippen MR) is 65.3 cm³/mol. The second-order valence-corrected chi connectivity index (χ2v) is 3.54. The molecule has 2 heteroatoms. The molecule has 0 aliphatic heterocycles. The summed E-state index contributed by atoms with van der Waals surface area (Å²) in [6.07, 6.45) is 7.84. The third kappa shape index (κ3) is 2.27. The molecule has 0 amide bonds. The van der Waals surface area contributed by atoms with E-state index in [0.29, 0.717) is 5.71 Å². The number of aliphatic hydroxyl groups is 1. The molecule has 2 nitrogen and oxygen atoms in total. The fraction of sp³-hybridized carbons (Fsp3) is 0.308. The average Bonchev–Trinajstić information content (AvgIpc) is 2.21. The van der Waals surface area contributed by atoms with E-state index < -0.39 is 0 Å². The summed E-state index contributed by atoms with van der Waals surface area (Å²) >= 11 is 0. The van der Waals surface area contributed by atoms with Gasteiger partial charge in [0.05, 0.1) is 0 Å². The van der Waals surface area contributed by atoms with Crippen molar-refractivity contribution in [1.29, 1.82) is 0 Å². The molecule has 0 aromatic rings. The molecule has 1 aliphatic rings. The minimum atomic E-state index is 0.277. The normalized spacial score (nSPS) is 23.1. The van der Waals surface area contributed by atoms with Gasteiger partial charge in [-0.1, -0.05) is 24.3 Å². The van der Waals surface area contributed by atoms with Gasteiger partial charge in [0.1, 0.15) is 11.5 Å². The molecule has 0 aromatic carbocycles. The van der Waals surface area contributed by atoms with Crippen LogP contribution >= 0.6 is 0 Å². The molecule has 0 unspecified atom stereocenters. The van der Waals surface area contributed by atoms with E-state index in [4.69, 9.17) is 0 Å². The van der Waals surface area contributed by atoms with Crippen LogP contribution in [0, 0.1) is 0 Å². The van der Waals surface area contributed by atoms with Gasteiger partial charge in [-0.25, -0.2) is 0 Å². The summed E-state index contributed by atoms with van der Waals surface area (Å²) in [4.78, 5) is 4.13. The molecule has 0 spiro atoms. The van der Waals surface area contributed by atoms with Crippen LogP contribution in [0.5, 0.6) is 0 Å². The van der Waals surface area contributed by atoms with E-state index in [1.54, 1.807) is 7.05 Å². The summed E-state index contributed by atoms with van der Waals surface area (Å²) in [5, 5.41) is 9.86. The molecule has 0 atom stereocenters. The maximum absolute atomic E-state index is 9.86. The van der Waals surface area contributed by atoms with Crippen LogP contribution < -0.4 is 0 Å². The average molecular weight is 203 g/mol. The van der Waals surface area contributed by atoms with Crippen LogP contribution in [0.1, 0.15) is 20.8 Å². The van der Waals surface area contributed by atoms with Crippen LogP contribution in [0.4, 0.5) is 0 Å². The molecule has 15 heavy (non-hydrogen) atoms. The van der Waals surface area contributed by atoms with Crippen molar-refractivity contribution < 1.29 is 5.11 Å². The first kappa shape index (κ1) is 11.5.